The highest BCUT2D eigenvalue weighted by atomic mass is 32.3. The zero-order valence-electron chi connectivity index (χ0n) is 13.4. The molecule has 0 saturated heterocycles. The maximum Gasteiger partial charge on any atom is 0.236 e. The molecular formula is C17H19NO4S2. The van der Waals surface area contributed by atoms with E-state index in [0.29, 0.717) is 23.0 Å². The smallest absolute Gasteiger partial charge is 0.236 e. The van der Waals surface area contributed by atoms with Crippen LogP contribution in [-0.4, -0.2) is 20.7 Å². The van der Waals surface area contributed by atoms with E-state index < -0.39 is 10.9 Å². The molecule has 128 valence electrons. The van der Waals surface area contributed by atoms with Crippen LogP contribution >= 0.6 is 22.2 Å². The number of thiophene rings is 1. The molecule has 0 saturated carbocycles. The predicted molar refractivity (Wildman–Crippen MR) is 96.5 cm³/mol. The molecule has 0 bridgehead atoms. The highest BCUT2D eigenvalue weighted by Gasteiger charge is 2.21. The van der Waals surface area contributed by atoms with Gasteiger partial charge in [0.05, 0.1) is 22.1 Å². The van der Waals surface area contributed by atoms with Crippen LogP contribution in [0.4, 0.5) is 0 Å². The molecule has 0 fully saturated rings. The molecule has 0 aliphatic rings. The van der Waals surface area contributed by atoms with E-state index >= 15 is 0 Å². The van der Waals surface area contributed by atoms with Gasteiger partial charge in [-0.15, -0.1) is 11.3 Å². The van der Waals surface area contributed by atoms with Gasteiger partial charge in [-0.2, -0.15) is 0 Å². The zero-order valence-corrected chi connectivity index (χ0v) is 15.1. The van der Waals surface area contributed by atoms with Crippen LogP contribution in [0, 0.1) is 13.8 Å². The van der Waals surface area contributed by atoms with Crippen molar-refractivity contribution < 1.29 is 17.7 Å². The summed E-state index contributed by atoms with van der Waals surface area (Å²) in [6, 6.07) is 10.9. The third kappa shape index (κ3) is 3.88. The number of rotatable bonds is 6. The summed E-state index contributed by atoms with van der Waals surface area (Å²) < 4.78 is 31.3. The van der Waals surface area contributed by atoms with Gasteiger partial charge in [-0.3, -0.25) is 4.18 Å². The second kappa shape index (κ2) is 7.08. The monoisotopic (exact) mass is 365 g/mol. The van der Waals surface area contributed by atoms with E-state index in [1.807, 2.05) is 43.5 Å². The van der Waals surface area contributed by atoms with Gasteiger partial charge in [0.15, 0.2) is 0 Å². The van der Waals surface area contributed by atoms with E-state index in [2.05, 4.69) is 4.98 Å². The van der Waals surface area contributed by atoms with Gasteiger partial charge in [0.25, 0.3) is 0 Å². The summed E-state index contributed by atoms with van der Waals surface area (Å²) in [7, 11) is -3.25. The molecule has 24 heavy (non-hydrogen) atoms. The topological polar surface area (TPSA) is 75.7 Å². The van der Waals surface area contributed by atoms with Crippen molar-refractivity contribution >= 4 is 22.2 Å². The number of aromatic nitrogens is 1. The van der Waals surface area contributed by atoms with E-state index in [4.69, 9.17) is 8.60 Å². The second-order valence-electron chi connectivity index (χ2n) is 5.38. The average Bonchev–Trinajstić information content (AvgIpc) is 3.18. The van der Waals surface area contributed by atoms with Crippen LogP contribution < -0.4 is 0 Å². The fraction of sp³-hybridized carbons (Fsp3) is 0.235. The Labute approximate surface area is 146 Å². The van der Waals surface area contributed by atoms with Crippen molar-refractivity contribution in [2.45, 2.75) is 25.2 Å². The minimum Gasteiger partial charge on any atom is -0.440 e. The normalized spacial score (nSPS) is 12.5. The minimum absolute atomic E-state index is 0.146. The number of hydrogen-bond acceptors (Lipinski definition) is 6. The molecule has 0 amide bonds. The molecule has 7 heteroatoms. The standard InChI is InChI=1S/C17H19NO4S2/c1-12-5-7-14(8-6-12)24(19,20)21-10-9-15-13(2)22-17(18-15)16-4-3-11-23-16/h3-8,11,19-20H,9-10H2,1-2H3. The summed E-state index contributed by atoms with van der Waals surface area (Å²) in [6.45, 7) is 3.93. The Morgan fingerprint density at radius 2 is 1.92 bits per heavy atom. The lowest BCUT2D eigenvalue weighted by Crippen LogP contribution is -2.07. The van der Waals surface area contributed by atoms with E-state index in [-0.39, 0.29) is 6.61 Å². The number of oxazole rings is 1. The predicted octanol–water partition coefficient (Wildman–Crippen LogP) is 5.30. The Kier molecular flexibility index (Phi) is 5.07. The lowest BCUT2D eigenvalue weighted by molar-refractivity contribution is 0.264. The highest BCUT2D eigenvalue weighted by molar-refractivity contribution is 8.20. The summed E-state index contributed by atoms with van der Waals surface area (Å²) in [6.07, 6.45) is 0.447. The van der Waals surface area contributed by atoms with Crippen LogP contribution in [-0.2, 0) is 10.6 Å². The lowest BCUT2D eigenvalue weighted by Gasteiger charge is -2.26. The second-order valence-corrected chi connectivity index (χ2v) is 8.03. The molecule has 3 rings (SSSR count). The maximum atomic E-state index is 10.2. The zero-order chi connectivity index (χ0) is 17.2. The molecule has 2 N–H and O–H groups in total. The Balaban J connectivity index is 1.63. The highest BCUT2D eigenvalue weighted by Crippen LogP contribution is 2.49. The largest absolute Gasteiger partial charge is 0.440 e. The lowest BCUT2D eigenvalue weighted by atomic mass is 10.2. The molecule has 1 aromatic carbocycles. The van der Waals surface area contributed by atoms with Crippen LogP contribution in [0.15, 0.2) is 51.1 Å². The van der Waals surface area contributed by atoms with E-state index in [1.54, 1.807) is 23.5 Å². The van der Waals surface area contributed by atoms with Gasteiger partial charge >= 0.3 is 0 Å². The summed E-state index contributed by atoms with van der Waals surface area (Å²) in [5.74, 6) is 1.30. The number of nitrogens with zero attached hydrogens (tertiary/aromatic N) is 1. The van der Waals surface area contributed by atoms with Crippen molar-refractivity contribution in [3.05, 3.63) is 58.8 Å². The van der Waals surface area contributed by atoms with Crippen molar-refractivity contribution in [2.24, 2.45) is 0 Å². The van der Waals surface area contributed by atoms with Gasteiger partial charge in [-0.1, -0.05) is 23.8 Å². The first-order valence-electron chi connectivity index (χ1n) is 7.45. The Morgan fingerprint density at radius 1 is 1.17 bits per heavy atom. The van der Waals surface area contributed by atoms with Gasteiger partial charge in [0.2, 0.25) is 5.89 Å². The quantitative estimate of drug-likeness (QED) is 0.619. The minimum atomic E-state index is -3.25. The van der Waals surface area contributed by atoms with Crippen molar-refractivity contribution in [3.8, 4) is 10.8 Å². The molecule has 3 aromatic rings. The van der Waals surface area contributed by atoms with E-state index in [0.717, 1.165) is 16.1 Å². The van der Waals surface area contributed by atoms with E-state index in [9.17, 15) is 9.11 Å². The first-order chi connectivity index (χ1) is 11.5. The van der Waals surface area contributed by atoms with Crippen molar-refractivity contribution in [1.29, 1.82) is 0 Å². The first kappa shape index (κ1) is 17.2. The van der Waals surface area contributed by atoms with Crippen LogP contribution in [0.5, 0.6) is 0 Å². The molecule has 0 aliphatic heterocycles. The van der Waals surface area contributed by atoms with Crippen molar-refractivity contribution in [3.63, 3.8) is 0 Å². The molecule has 0 spiro atoms. The maximum absolute atomic E-state index is 10.2. The first-order valence-corrected chi connectivity index (χ1v) is 9.80. The molecular weight excluding hydrogens is 346 g/mol. The van der Waals surface area contributed by atoms with Gasteiger partial charge in [-0.25, -0.2) is 4.98 Å². The SMILES string of the molecule is Cc1ccc(S(O)(O)OCCc2nc(-c3cccs3)oc2C)cc1. The summed E-state index contributed by atoms with van der Waals surface area (Å²) in [5, 5.41) is 1.97. The van der Waals surface area contributed by atoms with E-state index in [1.165, 1.54) is 0 Å². The summed E-state index contributed by atoms with van der Waals surface area (Å²) in [5.41, 5.74) is 1.81. The molecule has 5 nitrogen and oxygen atoms in total. The Hall–Kier alpha value is -1.64. The number of hydrogen-bond donors (Lipinski definition) is 2. The van der Waals surface area contributed by atoms with Crippen molar-refractivity contribution in [2.75, 3.05) is 6.61 Å². The molecule has 2 heterocycles. The fourth-order valence-corrected chi connectivity index (χ4v) is 3.80. The Bertz CT molecular complexity index is 795. The van der Waals surface area contributed by atoms with Crippen LogP contribution in [0.1, 0.15) is 17.0 Å². The third-order valence-corrected chi connectivity index (χ3v) is 5.78. The number of benzene rings is 1. The van der Waals surface area contributed by atoms with Gasteiger partial charge < -0.3 is 13.5 Å². The number of aryl methyl sites for hydroxylation is 2. The average molecular weight is 365 g/mol. The van der Waals surface area contributed by atoms with Gasteiger partial charge in [0, 0.05) is 6.42 Å². The molecule has 0 radical (unpaired) electrons. The molecule has 0 atom stereocenters. The van der Waals surface area contributed by atoms with Crippen LogP contribution in [0.3, 0.4) is 0 Å². The molecule has 0 aliphatic carbocycles. The summed E-state index contributed by atoms with van der Waals surface area (Å²) >= 11 is 1.56. The van der Waals surface area contributed by atoms with Gasteiger partial charge in [-0.05, 0) is 37.4 Å². The molecule has 0 unspecified atom stereocenters. The van der Waals surface area contributed by atoms with Gasteiger partial charge in [0.1, 0.15) is 16.6 Å². The fourth-order valence-electron chi connectivity index (χ4n) is 2.20. The van der Waals surface area contributed by atoms with Crippen LogP contribution in [0.25, 0.3) is 10.8 Å². The van der Waals surface area contributed by atoms with Crippen molar-refractivity contribution in [1.82, 2.24) is 4.98 Å². The third-order valence-electron chi connectivity index (χ3n) is 3.54. The summed E-state index contributed by atoms with van der Waals surface area (Å²) in [4.78, 5) is 5.81. The van der Waals surface area contributed by atoms with Crippen LogP contribution in [0.2, 0.25) is 0 Å². The Morgan fingerprint density at radius 3 is 2.58 bits per heavy atom. The molecule has 2 aromatic heterocycles.